The van der Waals surface area contributed by atoms with Gasteiger partial charge in [-0.05, 0) is 6.42 Å². The van der Waals surface area contributed by atoms with E-state index in [9.17, 15) is 4.79 Å². The van der Waals surface area contributed by atoms with E-state index in [1.807, 2.05) is 7.05 Å². The molecule has 1 N–H and O–H groups in total. The summed E-state index contributed by atoms with van der Waals surface area (Å²) >= 11 is 1.57. The van der Waals surface area contributed by atoms with E-state index in [0.717, 1.165) is 36.2 Å². The highest BCUT2D eigenvalue weighted by Crippen LogP contribution is 2.17. The maximum absolute atomic E-state index is 11.6. The fraction of sp³-hybridized carbons (Fsp3) is 0.727. The molecule has 0 aliphatic carbocycles. The average Bonchev–Trinajstić information content (AvgIpc) is 2.79. The first-order valence-corrected chi connectivity index (χ1v) is 7.03. The van der Waals surface area contributed by atoms with Crippen LogP contribution in [0.5, 0.6) is 0 Å². The molecule has 0 radical (unpaired) electrons. The van der Waals surface area contributed by atoms with Gasteiger partial charge >= 0.3 is 0 Å². The Labute approximate surface area is 111 Å². The zero-order valence-corrected chi connectivity index (χ0v) is 11.7. The molecule has 1 aliphatic heterocycles. The van der Waals surface area contributed by atoms with Crippen LogP contribution in [0.25, 0.3) is 0 Å². The summed E-state index contributed by atoms with van der Waals surface area (Å²) < 4.78 is 0. The molecule has 1 amide bonds. The highest BCUT2D eigenvalue weighted by atomic mass is 32.1. The smallest absolute Gasteiger partial charge is 0.236 e. The summed E-state index contributed by atoms with van der Waals surface area (Å²) in [6, 6.07) is 0. The van der Waals surface area contributed by atoms with Gasteiger partial charge < -0.3 is 10.2 Å². The van der Waals surface area contributed by atoms with Crippen LogP contribution < -0.4 is 5.32 Å². The summed E-state index contributed by atoms with van der Waals surface area (Å²) in [5.41, 5.74) is 0. The maximum atomic E-state index is 11.6. The molecular formula is C11H19N5OS. The second-order valence-electron chi connectivity index (χ2n) is 4.45. The SMILES string of the molecule is CCCNc1nnc(CN2CCN(C)C(=O)C2)s1. The molecule has 1 fully saturated rings. The average molecular weight is 269 g/mol. The highest BCUT2D eigenvalue weighted by molar-refractivity contribution is 7.15. The minimum Gasteiger partial charge on any atom is -0.360 e. The van der Waals surface area contributed by atoms with Gasteiger partial charge in [0.05, 0.1) is 13.1 Å². The Morgan fingerprint density at radius 1 is 1.39 bits per heavy atom. The van der Waals surface area contributed by atoms with E-state index in [2.05, 4.69) is 27.3 Å². The maximum Gasteiger partial charge on any atom is 0.236 e. The molecule has 2 heterocycles. The predicted molar refractivity (Wildman–Crippen MR) is 71.6 cm³/mol. The second-order valence-corrected chi connectivity index (χ2v) is 5.52. The number of rotatable bonds is 5. The van der Waals surface area contributed by atoms with Crippen LogP contribution in [0.4, 0.5) is 5.13 Å². The van der Waals surface area contributed by atoms with Gasteiger partial charge in [-0.3, -0.25) is 9.69 Å². The van der Waals surface area contributed by atoms with Crippen LogP contribution in [-0.4, -0.2) is 59.1 Å². The molecule has 0 aromatic carbocycles. The van der Waals surface area contributed by atoms with Crippen molar-refractivity contribution in [1.82, 2.24) is 20.0 Å². The molecule has 1 saturated heterocycles. The first kappa shape index (κ1) is 13.2. The normalized spacial score (nSPS) is 17.2. The van der Waals surface area contributed by atoms with E-state index in [1.165, 1.54) is 0 Å². The number of carbonyl (C=O) groups excluding carboxylic acids is 1. The lowest BCUT2D eigenvalue weighted by molar-refractivity contribution is -0.134. The molecule has 18 heavy (non-hydrogen) atoms. The molecule has 0 atom stereocenters. The van der Waals surface area contributed by atoms with Crippen LogP contribution in [0.2, 0.25) is 0 Å². The zero-order valence-electron chi connectivity index (χ0n) is 10.8. The largest absolute Gasteiger partial charge is 0.360 e. The molecule has 7 heteroatoms. The van der Waals surface area contributed by atoms with Crippen molar-refractivity contribution in [2.24, 2.45) is 0 Å². The van der Waals surface area contributed by atoms with Crippen LogP contribution in [0, 0.1) is 0 Å². The van der Waals surface area contributed by atoms with Gasteiger partial charge in [-0.2, -0.15) is 0 Å². The molecule has 0 unspecified atom stereocenters. The van der Waals surface area contributed by atoms with E-state index in [4.69, 9.17) is 0 Å². The van der Waals surface area contributed by atoms with E-state index in [-0.39, 0.29) is 5.91 Å². The van der Waals surface area contributed by atoms with Crippen molar-refractivity contribution in [2.75, 3.05) is 38.5 Å². The second kappa shape index (κ2) is 6.10. The summed E-state index contributed by atoms with van der Waals surface area (Å²) in [4.78, 5) is 15.5. The molecule has 1 aromatic rings. The van der Waals surface area contributed by atoms with Gasteiger partial charge in [0.2, 0.25) is 11.0 Å². The van der Waals surface area contributed by atoms with Gasteiger partial charge in [-0.15, -0.1) is 10.2 Å². The van der Waals surface area contributed by atoms with Crippen molar-refractivity contribution in [3.63, 3.8) is 0 Å². The quantitative estimate of drug-likeness (QED) is 0.849. The molecule has 0 saturated carbocycles. The van der Waals surface area contributed by atoms with Gasteiger partial charge in [0.25, 0.3) is 0 Å². The molecule has 6 nitrogen and oxygen atoms in total. The van der Waals surface area contributed by atoms with Crippen molar-refractivity contribution in [1.29, 1.82) is 0 Å². The lowest BCUT2D eigenvalue weighted by atomic mass is 10.3. The summed E-state index contributed by atoms with van der Waals surface area (Å²) in [5, 5.41) is 13.3. The Morgan fingerprint density at radius 3 is 2.94 bits per heavy atom. The van der Waals surface area contributed by atoms with E-state index in [1.54, 1.807) is 16.2 Å². The lowest BCUT2D eigenvalue weighted by Crippen LogP contribution is -2.47. The number of hydrogen-bond acceptors (Lipinski definition) is 6. The number of carbonyl (C=O) groups is 1. The van der Waals surface area contributed by atoms with Crippen molar-refractivity contribution < 1.29 is 4.79 Å². The monoisotopic (exact) mass is 269 g/mol. The Bertz CT molecular complexity index is 408. The number of hydrogen-bond donors (Lipinski definition) is 1. The van der Waals surface area contributed by atoms with Crippen LogP contribution >= 0.6 is 11.3 Å². The highest BCUT2D eigenvalue weighted by Gasteiger charge is 2.21. The third-order valence-corrected chi connectivity index (χ3v) is 3.75. The Balaban J connectivity index is 1.85. The standard InChI is InChI=1S/C11H19N5OS/c1-3-4-12-11-14-13-9(18-11)7-16-6-5-15(2)10(17)8-16/h3-8H2,1-2H3,(H,12,14). The topological polar surface area (TPSA) is 61.4 Å². The van der Waals surface area contributed by atoms with Gasteiger partial charge in [0.15, 0.2) is 0 Å². The van der Waals surface area contributed by atoms with Gasteiger partial charge in [-0.1, -0.05) is 18.3 Å². The summed E-state index contributed by atoms with van der Waals surface area (Å²) in [6.07, 6.45) is 1.07. The summed E-state index contributed by atoms with van der Waals surface area (Å²) in [6.45, 7) is 5.92. The van der Waals surface area contributed by atoms with E-state index >= 15 is 0 Å². The fourth-order valence-electron chi connectivity index (χ4n) is 1.75. The first-order valence-electron chi connectivity index (χ1n) is 6.21. The number of nitrogens with zero attached hydrogens (tertiary/aromatic N) is 4. The van der Waals surface area contributed by atoms with Crippen molar-refractivity contribution in [3.05, 3.63) is 5.01 Å². The van der Waals surface area contributed by atoms with Crippen molar-refractivity contribution >= 4 is 22.4 Å². The Morgan fingerprint density at radius 2 is 2.22 bits per heavy atom. The van der Waals surface area contributed by atoms with Crippen LogP contribution in [0.15, 0.2) is 0 Å². The molecule has 2 rings (SSSR count). The van der Waals surface area contributed by atoms with E-state index in [0.29, 0.717) is 13.1 Å². The zero-order chi connectivity index (χ0) is 13.0. The van der Waals surface area contributed by atoms with E-state index < -0.39 is 0 Å². The van der Waals surface area contributed by atoms with Crippen molar-refractivity contribution in [3.8, 4) is 0 Å². The molecule has 0 spiro atoms. The van der Waals surface area contributed by atoms with Gasteiger partial charge in [-0.25, -0.2) is 0 Å². The lowest BCUT2D eigenvalue weighted by Gasteiger charge is -2.31. The minimum atomic E-state index is 0.176. The number of aromatic nitrogens is 2. The third kappa shape index (κ3) is 3.39. The van der Waals surface area contributed by atoms with Crippen molar-refractivity contribution in [2.45, 2.75) is 19.9 Å². The van der Waals surface area contributed by atoms with Crippen LogP contribution in [0.3, 0.4) is 0 Å². The number of amides is 1. The first-order chi connectivity index (χ1) is 8.69. The van der Waals surface area contributed by atoms with Crippen LogP contribution in [0.1, 0.15) is 18.4 Å². The number of nitrogens with one attached hydrogen (secondary N) is 1. The minimum absolute atomic E-state index is 0.176. The Hall–Kier alpha value is -1.21. The van der Waals surface area contributed by atoms with Crippen LogP contribution in [-0.2, 0) is 11.3 Å². The summed E-state index contributed by atoms with van der Waals surface area (Å²) in [7, 11) is 1.84. The van der Waals surface area contributed by atoms with Gasteiger partial charge in [0.1, 0.15) is 5.01 Å². The molecular weight excluding hydrogens is 250 g/mol. The molecule has 0 bridgehead atoms. The number of likely N-dealkylation sites (N-methyl/N-ethyl adjacent to an activating group) is 1. The summed E-state index contributed by atoms with van der Waals surface area (Å²) in [5.74, 6) is 0.176. The number of piperazine rings is 1. The fourth-order valence-corrected chi connectivity index (χ4v) is 2.56. The molecule has 1 aliphatic rings. The molecule has 1 aromatic heterocycles. The molecule has 100 valence electrons. The third-order valence-electron chi connectivity index (χ3n) is 2.89. The number of anilines is 1. The Kier molecular flexibility index (Phi) is 4.48. The predicted octanol–water partition coefficient (Wildman–Crippen LogP) is 0.634. The van der Waals surface area contributed by atoms with Gasteiger partial charge in [0, 0.05) is 26.7 Å².